The van der Waals surface area contributed by atoms with Crippen molar-refractivity contribution in [2.75, 3.05) is 46.5 Å². The van der Waals surface area contributed by atoms with E-state index in [1.165, 1.54) is 0 Å². The molecule has 1 aromatic rings. The molecule has 3 fully saturated rings. The minimum atomic E-state index is -4.47. The number of aromatic nitrogens is 1. The van der Waals surface area contributed by atoms with Crippen LogP contribution in [0.15, 0.2) is 12.3 Å². The molecule has 0 bridgehead atoms. The number of amides is 1. The lowest BCUT2D eigenvalue weighted by Crippen LogP contribution is -2.52. The molecule has 1 aromatic heterocycles. The Kier molecular flexibility index (Phi) is 8.62. The Balaban J connectivity index is 1.36. The molecular weight excluding hydrogens is 543 g/mol. The Morgan fingerprint density at radius 1 is 1.35 bits per heavy atom. The van der Waals surface area contributed by atoms with Crippen molar-refractivity contribution in [1.29, 1.82) is 0 Å². The van der Waals surface area contributed by atoms with Gasteiger partial charge in [0.15, 0.2) is 5.11 Å². The lowest BCUT2D eigenvalue weighted by Gasteiger charge is -2.38. The van der Waals surface area contributed by atoms with E-state index >= 15 is 0 Å². The zero-order chi connectivity index (χ0) is 28.7. The molecule has 0 spiro atoms. The Labute approximate surface area is 239 Å². The van der Waals surface area contributed by atoms with Crippen LogP contribution in [-0.2, 0) is 33.4 Å². The molecule has 5 atom stereocenters. The molecule has 1 saturated carbocycles. The van der Waals surface area contributed by atoms with Crippen LogP contribution in [0.25, 0.3) is 0 Å². The van der Waals surface area contributed by atoms with Gasteiger partial charge in [0, 0.05) is 76.8 Å². The van der Waals surface area contributed by atoms with Gasteiger partial charge >= 0.3 is 6.18 Å². The summed E-state index contributed by atoms with van der Waals surface area (Å²) < 4.78 is 51.4. The average molecular weight is 584 g/mol. The van der Waals surface area contributed by atoms with Crippen LogP contribution in [0.3, 0.4) is 0 Å². The lowest BCUT2D eigenvalue weighted by molar-refractivity contribution is -0.143. The molecule has 222 valence electrons. The van der Waals surface area contributed by atoms with Crippen LogP contribution < -0.4 is 10.6 Å². The molecule has 5 rings (SSSR count). The van der Waals surface area contributed by atoms with Crippen molar-refractivity contribution in [3.8, 4) is 0 Å². The highest BCUT2D eigenvalue weighted by Gasteiger charge is 2.59. The number of alkyl halides is 3. The van der Waals surface area contributed by atoms with Gasteiger partial charge in [-0.15, -0.1) is 0 Å². The fraction of sp³-hybridized carbons (Fsp3) is 0.750. The van der Waals surface area contributed by atoms with Crippen LogP contribution in [0, 0.1) is 17.3 Å². The van der Waals surface area contributed by atoms with Crippen molar-refractivity contribution < 1.29 is 27.4 Å². The molecular formula is C28H40F3N5O3S. The van der Waals surface area contributed by atoms with Gasteiger partial charge in [0.25, 0.3) is 0 Å². The third kappa shape index (κ3) is 5.96. The van der Waals surface area contributed by atoms with Gasteiger partial charge in [-0.2, -0.15) is 13.2 Å². The number of thiocarbonyl (C=S) groups is 1. The minimum Gasteiger partial charge on any atom is -0.379 e. The predicted molar refractivity (Wildman–Crippen MR) is 147 cm³/mol. The number of nitrogens with one attached hydrogen (secondary N) is 2. The second-order valence-corrected chi connectivity index (χ2v) is 12.6. The summed E-state index contributed by atoms with van der Waals surface area (Å²) in [5.74, 6) is 0.522. The first-order valence-corrected chi connectivity index (χ1v) is 14.6. The van der Waals surface area contributed by atoms with E-state index in [-0.39, 0.29) is 36.6 Å². The van der Waals surface area contributed by atoms with Crippen LogP contribution >= 0.6 is 12.2 Å². The van der Waals surface area contributed by atoms with E-state index in [1.54, 1.807) is 12.0 Å². The summed E-state index contributed by atoms with van der Waals surface area (Å²) >= 11 is 5.72. The Morgan fingerprint density at radius 3 is 2.88 bits per heavy atom. The predicted octanol–water partition coefficient (Wildman–Crippen LogP) is 2.99. The monoisotopic (exact) mass is 583 g/mol. The van der Waals surface area contributed by atoms with E-state index in [1.807, 2.05) is 0 Å². The van der Waals surface area contributed by atoms with Crippen molar-refractivity contribution in [3.05, 3.63) is 29.1 Å². The van der Waals surface area contributed by atoms with Crippen molar-refractivity contribution in [2.24, 2.45) is 17.3 Å². The van der Waals surface area contributed by atoms with Crippen LogP contribution in [0.1, 0.15) is 49.9 Å². The van der Waals surface area contributed by atoms with Crippen LogP contribution in [0.4, 0.5) is 13.2 Å². The molecule has 3 aliphatic heterocycles. The van der Waals surface area contributed by atoms with Gasteiger partial charge in [0.2, 0.25) is 5.91 Å². The molecule has 4 heterocycles. The number of methoxy groups -OCH3 is 1. The summed E-state index contributed by atoms with van der Waals surface area (Å²) in [6.07, 6.45) is -0.867. The number of carbonyl (C=O) groups excluding carboxylic acids is 1. The number of nitrogens with zero attached hydrogens (tertiary/aromatic N) is 3. The van der Waals surface area contributed by atoms with Crippen molar-refractivity contribution in [1.82, 2.24) is 25.4 Å². The number of likely N-dealkylation sites (tertiary alicyclic amines) is 1. The van der Waals surface area contributed by atoms with Crippen molar-refractivity contribution in [2.45, 2.75) is 70.4 Å². The molecule has 40 heavy (non-hydrogen) atoms. The van der Waals surface area contributed by atoms with Crippen molar-refractivity contribution >= 4 is 23.2 Å². The maximum atomic E-state index is 14.4. The first-order valence-electron chi connectivity index (χ1n) is 14.2. The van der Waals surface area contributed by atoms with Crippen LogP contribution in [0.2, 0.25) is 0 Å². The lowest BCUT2D eigenvalue weighted by atomic mass is 9.78. The van der Waals surface area contributed by atoms with E-state index in [4.69, 9.17) is 21.7 Å². The molecule has 0 aromatic carbocycles. The SMILES string of the molecule is CO[C@@H]1COCC[C@@H]1N[C@@H]1C[C@H]2CN(C(=S)NCC(C)C)C[C@@]2(C(=O)N2CCc3ncc(C(F)(F)F)cc3C2)C1. The quantitative estimate of drug-likeness (QED) is 0.495. The molecule has 12 heteroatoms. The number of fused-ring (bicyclic) bond motifs is 2. The topological polar surface area (TPSA) is 79.0 Å². The highest BCUT2D eigenvalue weighted by Crippen LogP contribution is 2.51. The van der Waals surface area contributed by atoms with Crippen LogP contribution in [0.5, 0.6) is 0 Å². The van der Waals surface area contributed by atoms with Crippen molar-refractivity contribution in [3.63, 3.8) is 0 Å². The zero-order valence-electron chi connectivity index (χ0n) is 23.4. The number of hydrogen-bond acceptors (Lipinski definition) is 6. The summed E-state index contributed by atoms with van der Waals surface area (Å²) in [6, 6.07) is 1.43. The maximum Gasteiger partial charge on any atom is 0.417 e. The first kappa shape index (κ1) is 29.5. The summed E-state index contributed by atoms with van der Waals surface area (Å²) in [5, 5.41) is 7.78. The van der Waals surface area contributed by atoms with E-state index in [9.17, 15) is 18.0 Å². The molecule has 1 amide bonds. The number of hydrogen-bond donors (Lipinski definition) is 2. The highest BCUT2D eigenvalue weighted by atomic mass is 32.1. The summed E-state index contributed by atoms with van der Waals surface area (Å²) in [4.78, 5) is 22.4. The Bertz CT molecular complexity index is 1110. The van der Waals surface area contributed by atoms with Gasteiger partial charge in [0.1, 0.15) is 0 Å². The summed E-state index contributed by atoms with van der Waals surface area (Å²) in [6.45, 7) is 7.97. The number of pyridine rings is 1. The van der Waals surface area contributed by atoms with Gasteiger partial charge in [-0.1, -0.05) is 13.8 Å². The van der Waals surface area contributed by atoms with Gasteiger partial charge < -0.3 is 29.9 Å². The fourth-order valence-corrected chi connectivity index (χ4v) is 7.12. The average Bonchev–Trinajstić information content (AvgIpc) is 3.45. The smallest absolute Gasteiger partial charge is 0.379 e. The number of carbonyl (C=O) groups is 1. The number of halogens is 3. The molecule has 0 radical (unpaired) electrons. The summed E-state index contributed by atoms with van der Waals surface area (Å²) in [7, 11) is 1.69. The molecule has 2 saturated heterocycles. The molecule has 1 aliphatic carbocycles. The Hall–Kier alpha value is -2.02. The normalized spacial score (nSPS) is 30.4. The van der Waals surface area contributed by atoms with Gasteiger partial charge in [-0.3, -0.25) is 9.78 Å². The molecule has 2 N–H and O–H groups in total. The Morgan fingerprint density at radius 2 is 2.15 bits per heavy atom. The van der Waals surface area contributed by atoms with Gasteiger partial charge in [-0.25, -0.2) is 0 Å². The summed E-state index contributed by atoms with van der Waals surface area (Å²) in [5.41, 5.74) is -0.334. The number of ether oxygens (including phenoxy) is 2. The largest absolute Gasteiger partial charge is 0.417 e. The standard InChI is InChI=1S/C28H40F3N5O3S/c1-17(2)11-33-26(40)36-14-20-9-21(34-23-5-7-39-15-24(23)38-3)10-27(20,16-36)25(37)35-6-4-22-18(13-35)8-19(12-32-22)28(29,30)31/h8,12,17,20-21,23-24,34H,4-7,9-11,13-16H2,1-3H3,(H,33,40)/t20-,21+,23-,24+,27-/m0/s1. The maximum absolute atomic E-state index is 14.4. The first-order chi connectivity index (χ1) is 19.0. The van der Waals surface area contributed by atoms with Crippen LogP contribution in [-0.4, -0.2) is 90.5 Å². The molecule has 4 aliphatic rings. The number of rotatable bonds is 6. The zero-order valence-corrected chi connectivity index (χ0v) is 24.2. The van der Waals surface area contributed by atoms with E-state index < -0.39 is 17.2 Å². The fourth-order valence-electron chi connectivity index (χ4n) is 6.89. The van der Waals surface area contributed by atoms with E-state index in [2.05, 4.69) is 34.4 Å². The van der Waals surface area contributed by atoms with Gasteiger partial charge in [0.05, 0.1) is 23.7 Å². The third-order valence-electron chi connectivity index (χ3n) is 8.96. The van der Waals surface area contributed by atoms with E-state index in [0.29, 0.717) is 68.0 Å². The second kappa shape index (κ2) is 11.7. The third-order valence-corrected chi connectivity index (χ3v) is 9.36. The highest BCUT2D eigenvalue weighted by molar-refractivity contribution is 7.80. The minimum absolute atomic E-state index is 0.00860. The van der Waals surface area contributed by atoms with Gasteiger partial charge in [-0.05, 0) is 54.9 Å². The van der Waals surface area contributed by atoms with E-state index in [0.717, 1.165) is 31.6 Å². The molecule has 8 nitrogen and oxygen atoms in total. The second-order valence-electron chi connectivity index (χ2n) is 12.2. The molecule has 0 unspecified atom stereocenters.